The number of benzene rings is 1. The first-order chi connectivity index (χ1) is 15.7. The van der Waals surface area contributed by atoms with Gasteiger partial charge in [0.25, 0.3) is 5.91 Å². The molecule has 32 heavy (non-hydrogen) atoms. The summed E-state index contributed by atoms with van der Waals surface area (Å²) in [6, 6.07) is 8.07. The minimum atomic E-state index is 0.112. The predicted octanol–water partition coefficient (Wildman–Crippen LogP) is 4.29. The third-order valence-corrected chi connectivity index (χ3v) is 7.04. The Balaban J connectivity index is 1.39. The second kappa shape index (κ2) is 8.81. The number of ether oxygens (including phenoxy) is 2. The first kappa shape index (κ1) is 20.8. The van der Waals surface area contributed by atoms with Crippen molar-refractivity contribution in [1.82, 2.24) is 19.7 Å². The zero-order valence-electron chi connectivity index (χ0n) is 18.8. The van der Waals surface area contributed by atoms with E-state index in [1.54, 1.807) is 26.6 Å². The molecule has 2 fully saturated rings. The number of rotatable bonds is 5. The van der Waals surface area contributed by atoms with Crippen LogP contribution in [0, 0.1) is 5.92 Å². The van der Waals surface area contributed by atoms with E-state index in [-0.39, 0.29) is 5.91 Å². The molecule has 1 aromatic carbocycles. The maximum Gasteiger partial charge on any atom is 0.255 e. The van der Waals surface area contributed by atoms with Crippen LogP contribution >= 0.6 is 0 Å². The number of fused-ring (bicyclic) bond motifs is 2. The molecular formula is C25H30N4O3. The van der Waals surface area contributed by atoms with Gasteiger partial charge in [0.15, 0.2) is 5.65 Å². The van der Waals surface area contributed by atoms with Crippen molar-refractivity contribution in [1.29, 1.82) is 0 Å². The number of amides is 1. The molecule has 2 aromatic heterocycles. The van der Waals surface area contributed by atoms with Gasteiger partial charge in [0.2, 0.25) is 0 Å². The summed E-state index contributed by atoms with van der Waals surface area (Å²) in [4.78, 5) is 20.1. The molecule has 3 heterocycles. The Morgan fingerprint density at radius 1 is 1.06 bits per heavy atom. The lowest BCUT2D eigenvalue weighted by molar-refractivity contribution is 0.0390. The molecule has 0 spiro atoms. The fraction of sp³-hybridized carbons (Fsp3) is 0.480. The van der Waals surface area contributed by atoms with Gasteiger partial charge in [-0.15, -0.1) is 0 Å². The van der Waals surface area contributed by atoms with Crippen molar-refractivity contribution in [3.05, 3.63) is 47.8 Å². The van der Waals surface area contributed by atoms with Gasteiger partial charge in [-0.2, -0.15) is 5.10 Å². The lowest BCUT2D eigenvalue weighted by atomic mass is 9.78. The van der Waals surface area contributed by atoms with Gasteiger partial charge in [0, 0.05) is 35.8 Å². The maximum atomic E-state index is 13.4. The number of likely N-dealkylation sites (tertiary alicyclic amines) is 1. The van der Waals surface area contributed by atoms with E-state index in [1.165, 1.54) is 25.7 Å². The predicted molar refractivity (Wildman–Crippen MR) is 122 cm³/mol. The molecule has 7 heteroatoms. The van der Waals surface area contributed by atoms with Gasteiger partial charge in [-0.3, -0.25) is 4.79 Å². The van der Waals surface area contributed by atoms with E-state index in [0.29, 0.717) is 24.1 Å². The Kier molecular flexibility index (Phi) is 5.72. The second-order valence-electron chi connectivity index (χ2n) is 8.87. The minimum Gasteiger partial charge on any atom is -0.497 e. The van der Waals surface area contributed by atoms with Gasteiger partial charge in [0.05, 0.1) is 32.5 Å². The average molecular weight is 435 g/mol. The highest BCUT2D eigenvalue weighted by Gasteiger charge is 2.36. The number of piperidine rings is 1. The highest BCUT2D eigenvalue weighted by Crippen LogP contribution is 2.36. The Hall–Kier alpha value is -3.09. The molecule has 7 nitrogen and oxygen atoms in total. The van der Waals surface area contributed by atoms with Crippen LogP contribution in [0.15, 0.2) is 36.7 Å². The van der Waals surface area contributed by atoms with E-state index in [0.717, 1.165) is 47.5 Å². The molecule has 2 aliphatic rings. The third kappa shape index (κ3) is 3.80. The second-order valence-corrected chi connectivity index (χ2v) is 8.87. The molecule has 0 N–H and O–H groups in total. The highest BCUT2D eigenvalue weighted by atomic mass is 16.5. The summed E-state index contributed by atoms with van der Waals surface area (Å²) in [5.41, 5.74) is 2.40. The number of carbonyl (C=O) groups is 1. The van der Waals surface area contributed by atoms with Gasteiger partial charge in [-0.05, 0) is 49.8 Å². The third-order valence-electron chi connectivity index (χ3n) is 7.04. The normalized spacial score (nSPS) is 20.8. The van der Waals surface area contributed by atoms with Crippen LogP contribution in [-0.4, -0.2) is 52.4 Å². The molecule has 168 valence electrons. The van der Waals surface area contributed by atoms with E-state index in [4.69, 9.17) is 9.47 Å². The number of pyridine rings is 1. The van der Waals surface area contributed by atoms with Crippen LogP contribution in [0.25, 0.3) is 11.0 Å². The number of aromatic nitrogens is 3. The molecule has 1 saturated heterocycles. The van der Waals surface area contributed by atoms with Crippen molar-refractivity contribution in [2.45, 2.75) is 51.1 Å². The zero-order chi connectivity index (χ0) is 22.1. The van der Waals surface area contributed by atoms with Crippen LogP contribution < -0.4 is 9.47 Å². The van der Waals surface area contributed by atoms with Crippen LogP contribution in [0.3, 0.4) is 0 Å². The lowest BCUT2D eigenvalue weighted by Crippen LogP contribution is -2.49. The van der Waals surface area contributed by atoms with Gasteiger partial charge in [0.1, 0.15) is 11.5 Å². The largest absolute Gasteiger partial charge is 0.497 e. The molecular weight excluding hydrogens is 404 g/mol. The first-order valence-corrected chi connectivity index (χ1v) is 11.5. The van der Waals surface area contributed by atoms with E-state index < -0.39 is 0 Å². The zero-order valence-corrected chi connectivity index (χ0v) is 18.8. The molecule has 2 unspecified atom stereocenters. The van der Waals surface area contributed by atoms with Crippen molar-refractivity contribution in [3.63, 3.8) is 0 Å². The number of hydrogen-bond acceptors (Lipinski definition) is 5. The standard InChI is InChI=1S/C25H30N4O3/c1-31-21-10-9-18(23(13-21)32-2)16-29-24-19(15-27-29)12-20(14-26-24)25(30)28-11-5-7-17-6-3-4-8-22(17)28/h9-10,12-15,17,22H,3-8,11,16H2,1-2H3. The minimum absolute atomic E-state index is 0.112. The van der Waals surface area contributed by atoms with Crippen molar-refractivity contribution < 1.29 is 14.3 Å². The van der Waals surface area contributed by atoms with Crippen molar-refractivity contribution in [2.75, 3.05) is 20.8 Å². The van der Waals surface area contributed by atoms with Gasteiger partial charge >= 0.3 is 0 Å². The number of carbonyl (C=O) groups excluding carboxylic acids is 1. The molecule has 0 radical (unpaired) electrons. The summed E-state index contributed by atoms with van der Waals surface area (Å²) < 4.78 is 12.6. The summed E-state index contributed by atoms with van der Waals surface area (Å²) in [5, 5.41) is 5.41. The highest BCUT2D eigenvalue weighted by molar-refractivity contribution is 5.97. The van der Waals surface area contributed by atoms with Crippen LogP contribution in [0.2, 0.25) is 0 Å². The van der Waals surface area contributed by atoms with E-state index >= 15 is 0 Å². The van der Waals surface area contributed by atoms with Gasteiger partial charge in [-0.25, -0.2) is 9.67 Å². The fourth-order valence-corrected chi connectivity index (χ4v) is 5.39. The Labute approximate surface area is 188 Å². The van der Waals surface area contributed by atoms with Crippen LogP contribution in [0.1, 0.15) is 54.4 Å². The maximum absolute atomic E-state index is 13.4. The molecule has 1 aliphatic carbocycles. The van der Waals surface area contributed by atoms with Crippen LogP contribution in [-0.2, 0) is 6.54 Å². The van der Waals surface area contributed by atoms with Crippen molar-refractivity contribution in [3.8, 4) is 11.5 Å². The van der Waals surface area contributed by atoms with E-state index in [1.807, 2.05) is 28.9 Å². The summed E-state index contributed by atoms with van der Waals surface area (Å²) in [5.74, 6) is 2.27. The molecule has 1 saturated carbocycles. The number of hydrogen-bond donors (Lipinski definition) is 0. The van der Waals surface area contributed by atoms with E-state index in [2.05, 4.69) is 15.0 Å². The quantitative estimate of drug-likeness (QED) is 0.599. The summed E-state index contributed by atoms with van der Waals surface area (Å²) >= 11 is 0. The lowest BCUT2D eigenvalue weighted by Gasteiger charge is -2.44. The Morgan fingerprint density at radius 2 is 1.91 bits per heavy atom. The molecule has 0 bridgehead atoms. The smallest absolute Gasteiger partial charge is 0.255 e. The molecule has 3 aromatic rings. The van der Waals surface area contributed by atoms with E-state index in [9.17, 15) is 4.79 Å². The molecule has 1 amide bonds. The monoisotopic (exact) mass is 434 g/mol. The topological polar surface area (TPSA) is 69.5 Å². The molecule has 5 rings (SSSR count). The van der Waals surface area contributed by atoms with Crippen molar-refractivity contribution in [2.24, 2.45) is 5.92 Å². The van der Waals surface area contributed by atoms with Crippen LogP contribution in [0.4, 0.5) is 0 Å². The molecule has 1 aliphatic heterocycles. The molecule has 2 atom stereocenters. The summed E-state index contributed by atoms with van der Waals surface area (Å²) in [7, 11) is 3.28. The first-order valence-electron chi connectivity index (χ1n) is 11.5. The van der Waals surface area contributed by atoms with Gasteiger partial charge < -0.3 is 14.4 Å². The van der Waals surface area contributed by atoms with Crippen molar-refractivity contribution >= 4 is 16.9 Å². The van der Waals surface area contributed by atoms with Crippen LogP contribution in [0.5, 0.6) is 11.5 Å². The Morgan fingerprint density at radius 3 is 2.75 bits per heavy atom. The van der Waals surface area contributed by atoms with Gasteiger partial charge in [-0.1, -0.05) is 12.8 Å². The summed E-state index contributed by atoms with van der Waals surface area (Å²) in [6.45, 7) is 1.38. The summed E-state index contributed by atoms with van der Waals surface area (Å²) in [6.07, 6.45) is 10.8. The fourth-order valence-electron chi connectivity index (χ4n) is 5.39. The number of nitrogens with zero attached hydrogens (tertiary/aromatic N) is 4. The average Bonchev–Trinajstić information content (AvgIpc) is 3.25. The Bertz CT molecular complexity index is 1120. The SMILES string of the molecule is COc1ccc(Cn2ncc3cc(C(=O)N4CCCC5CCCCC54)cnc32)c(OC)c1. The number of methoxy groups -OCH3 is 2.